The normalized spacial score (nSPS) is 10.8. The van der Waals surface area contributed by atoms with Crippen molar-refractivity contribution in [2.24, 2.45) is 0 Å². The van der Waals surface area contributed by atoms with Crippen LogP contribution >= 0.6 is 11.9 Å². The maximum absolute atomic E-state index is 13.0. The van der Waals surface area contributed by atoms with Crippen LogP contribution in [0, 0.1) is 0 Å². The number of nitrogens with zero attached hydrogens (tertiary/aromatic N) is 2. The molecule has 0 spiro atoms. The maximum atomic E-state index is 13.0. The van der Waals surface area contributed by atoms with Crippen LogP contribution in [0.4, 0.5) is 5.69 Å². The summed E-state index contributed by atoms with van der Waals surface area (Å²) in [6.07, 6.45) is 1.81. The molecule has 7 heteroatoms. The number of aromatic nitrogens is 1. The summed E-state index contributed by atoms with van der Waals surface area (Å²) in [5, 5.41) is 4.52. The van der Waals surface area contributed by atoms with Crippen molar-refractivity contribution in [1.29, 1.82) is 0 Å². The van der Waals surface area contributed by atoms with E-state index in [1.54, 1.807) is 13.3 Å². The molecule has 1 heterocycles. The predicted molar refractivity (Wildman–Crippen MR) is 144 cm³/mol. The zero-order valence-corrected chi connectivity index (χ0v) is 20.8. The molecule has 0 aliphatic rings. The first-order valence-corrected chi connectivity index (χ1v) is 12.5. The van der Waals surface area contributed by atoms with E-state index in [1.807, 2.05) is 78.6 Å². The lowest BCUT2D eigenvalue weighted by atomic mass is 10.2. The van der Waals surface area contributed by atoms with Crippen molar-refractivity contribution >= 4 is 34.4 Å². The number of hydrogen-bond acceptors (Lipinski definition) is 6. The van der Waals surface area contributed by atoms with Gasteiger partial charge in [-0.05, 0) is 61.3 Å². The summed E-state index contributed by atoms with van der Waals surface area (Å²) < 4.78 is 8.76. The van der Waals surface area contributed by atoms with Crippen LogP contribution in [0.3, 0.4) is 0 Å². The Morgan fingerprint density at radius 2 is 1.80 bits per heavy atom. The fourth-order valence-electron chi connectivity index (χ4n) is 3.83. The number of likely N-dealkylation sites (N-methyl/N-ethyl adjacent to an activating group) is 1. The Labute approximate surface area is 210 Å². The number of fused-ring (bicyclic) bond motifs is 1. The molecule has 0 saturated heterocycles. The molecular weight excluding hydrogens is 456 g/mol. The average Bonchev–Trinajstić information content (AvgIpc) is 2.92. The van der Waals surface area contributed by atoms with Gasteiger partial charge in [-0.15, -0.1) is 0 Å². The molecule has 0 atom stereocenters. The summed E-state index contributed by atoms with van der Waals surface area (Å²) in [7, 11) is 1.68. The largest absolute Gasteiger partial charge is 0.496 e. The number of methoxy groups -OCH3 is 1. The summed E-state index contributed by atoms with van der Waals surface area (Å²) in [6.45, 7) is 4.68. The Hall–Kier alpha value is -3.55. The van der Waals surface area contributed by atoms with Crippen LogP contribution < -0.4 is 14.8 Å². The Balaban J connectivity index is 1.29. The molecule has 1 amide bonds. The minimum absolute atomic E-state index is 0.0315. The van der Waals surface area contributed by atoms with Gasteiger partial charge in [-0.1, -0.05) is 36.4 Å². The highest BCUT2D eigenvalue weighted by Crippen LogP contribution is 2.27. The number of carbonyl (C=O) groups excluding carboxylic acids is 1. The average molecular weight is 487 g/mol. The lowest BCUT2D eigenvalue weighted by molar-refractivity contribution is 0.0765. The minimum Gasteiger partial charge on any atom is -0.496 e. The number of amides is 1. The quantitative estimate of drug-likeness (QED) is 0.212. The lowest BCUT2D eigenvalue weighted by Gasteiger charge is -2.21. The monoisotopic (exact) mass is 486 g/mol. The van der Waals surface area contributed by atoms with E-state index in [1.165, 1.54) is 11.9 Å². The number of anilines is 1. The molecule has 1 aromatic heterocycles. The van der Waals surface area contributed by atoms with Gasteiger partial charge >= 0.3 is 0 Å². The molecule has 0 saturated carbocycles. The zero-order valence-electron chi connectivity index (χ0n) is 20.0. The lowest BCUT2D eigenvalue weighted by Crippen LogP contribution is -2.36. The van der Waals surface area contributed by atoms with Gasteiger partial charge in [0.1, 0.15) is 5.75 Å². The van der Waals surface area contributed by atoms with Crippen molar-refractivity contribution in [2.75, 3.05) is 31.5 Å². The molecule has 0 aliphatic carbocycles. The van der Waals surface area contributed by atoms with Crippen LogP contribution in [0.2, 0.25) is 0 Å². The van der Waals surface area contributed by atoms with Gasteiger partial charge in [0.15, 0.2) is 0 Å². The highest BCUT2D eigenvalue weighted by atomic mass is 32.2. The van der Waals surface area contributed by atoms with Crippen molar-refractivity contribution < 1.29 is 9.53 Å². The van der Waals surface area contributed by atoms with Crippen molar-refractivity contribution in [3.8, 4) is 5.75 Å². The van der Waals surface area contributed by atoms with Crippen LogP contribution in [0.1, 0.15) is 22.8 Å². The van der Waals surface area contributed by atoms with E-state index in [0.29, 0.717) is 31.7 Å². The molecule has 0 bridgehead atoms. The Kier molecular flexibility index (Phi) is 8.59. The van der Waals surface area contributed by atoms with Crippen molar-refractivity contribution in [3.05, 3.63) is 96.2 Å². The van der Waals surface area contributed by atoms with Crippen LogP contribution in [0.25, 0.3) is 10.9 Å². The molecule has 0 unspecified atom stereocenters. The molecule has 35 heavy (non-hydrogen) atoms. The molecule has 0 fully saturated rings. The molecule has 0 radical (unpaired) electrons. The second kappa shape index (κ2) is 12.2. The third kappa shape index (κ3) is 6.32. The molecule has 180 valence electrons. The number of pyridine rings is 1. The molecule has 0 aliphatic heterocycles. The van der Waals surface area contributed by atoms with Crippen molar-refractivity contribution in [1.82, 2.24) is 15.2 Å². The smallest absolute Gasteiger partial charge is 0.253 e. The molecule has 2 N–H and O–H groups in total. The number of carbonyl (C=O) groups is 1. The van der Waals surface area contributed by atoms with Crippen LogP contribution in [-0.2, 0) is 6.54 Å². The van der Waals surface area contributed by atoms with E-state index in [0.717, 1.165) is 32.8 Å². The van der Waals surface area contributed by atoms with E-state index < -0.39 is 0 Å². The van der Waals surface area contributed by atoms with Gasteiger partial charge in [0.05, 0.1) is 17.5 Å². The fraction of sp³-hybridized carbons (Fsp3) is 0.214. The van der Waals surface area contributed by atoms with Gasteiger partial charge in [0.2, 0.25) is 0 Å². The van der Waals surface area contributed by atoms with Crippen molar-refractivity contribution in [3.63, 3.8) is 0 Å². The second-order valence-electron chi connectivity index (χ2n) is 7.99. The Morgan fingerprint density at radius 1 is 1.00 bits per heavy atom. The molecule has 4 rings (SSSR count). The van der Waals surface area contributed by atoms with Crippen molar-refractivity contribution in [2.45, 2.75) is 18.4 Å². The predicted octanol–water partition coefficient (Wildman–Crippen LogP) is 5.61. The number of ether oxygens (including phenoxy) is 1. The number of benzene rings is 3. The fourth-order valence-corrected chi connectivity index (χ4v) is 4.60. The number of para-hydroxylation sites is 2. The summed E-state index contributed by atoms with van der Waals surface area (Å²) >= 11 is 1.52. The molecule has 4 aromatic rings. The summed E-state index contributed by atoms with van der Waals surface area (Å²) in [6, 6.07) is 25.7. The first-order chi connectivity index (χ1) is 17.2. The third-order valence-electron chi connectivity index (χ3n) is 5.74. The first kappa shape index (κ1) is 24.6. The molecule has 3 aromatic carbocycles. The summed E-state index contributed by atoms with van der Waals surface area (Å²) in [5.74, 6) is 0.899. The Bertz CT molecular complexity index is 1260. The number of nitrogens with one attached hydrogen (secondary N) is 2. The van der Waals surface area contributed by atoms with Crippen LogP contribution in [0.15, 0.2) is 90.0 Å². The SMILES string of the molecule is CCN(CCNCc1ccccc1OC)C(=O)c1ccc(NSc2cccc3cccnc23)cc1. The molecule has 6 nitrogen and oxygen atoms in total. The van der Waals surface area contributed by atoms with Crippen LogP contribution in [0.5, 0.6) is 5.75 Å². The highest BCUT2D eigenvalue weighted by molar-refractivity contribution is 8.00. The highest BCUT2D eigenvalue weighted by Gasteiger charge is 2.14. The Morgan fingerprint density at radius 3 is 2.60 bits per heavy atom. The van der Waals surface area contributed by atoms with E-state index in [4.69, 9.17) is 4.74 Å². The maximum Gasteiger partial charge on any atom is 0.253 e. The van der Waals surface area contributed by atoms with Gasteiger partial charge in [-0.2, -0.15) is 0 Å². The standard InChI is InChI=1S/C28H30N4O2S/c1-3-32(19-18-29-20-23-8-4-5-11-25(23)34-2)28(33)22-13-15-24(16-14-22)31-35-26-12-6-9-21-10-7-17-30-27(21)26/h4-17,29,31H,3,18-20H2,1-2H3. The van der Waals surface area contributed by atoms with Crippen LogP contribution in [-0.4, -0.2) is 42.5 Å². The van der Waals surface area contributed by atoms with Gasteiger partial charge in [-0.25, -0.2) is 0 Å². The van der Waals surface area contributed by atoms with E-state index in [2.05, 4.69) is 27.2 Å². The number of hydrogen-bond donors (Lipinski definition) is 2. The first-order valence-electron chi connectivity index (χ1n) is 11.7. The number of rotatable bonds is 11. The van der Waals surface area contributed by atoms with Gasteiger partial charge in [0.25, 0.3) is 5.91 Å². The van der Waals surface area contributed by atoms with E-state index in [-0.39, 0.29) is 5.91 Å². The van der Waals surface area contributed by atoms with Gasteiger partial charge in [-0.3, -0.25) is 9.78 Å². The van der Waals surface area contributed by atoms with E-state index in [9.17, 15) is 4.79 Å². The zero-order chi connectivity index (χ0) is 24.5. The molecular formula is C28H30N4O2S. The van der Waals surface area contributed by atoms with E-state index >= 15 is 0 Å². The van der Waals surface area contributed by atoms with Gasteiger partial charge in [0, 0.05) is 54.6 Å². The van der Waals surface area contributed by atoms with Gasteiger partial charge < -0.3 is 19.7 Å². The third-order valence-corrected chi connectivity index (χ3v) is 6.63. The topological polar surface area (TPSA) is 66.5 Å². The minimum atomic E-state index is 0.0315. The second-order valence-corrected chi connectivity index (χ2v) is 8.83. The summed E-state index contributed by atoms with van der Waals surface area (Å²) in [5.41, 5.74) is 3.68. The summed E-state index contributed by atoms with van der Waals surface area (Å²) in [4.78, 5) is 20.4.